The molecular weight excluding hydrogens is 282 g/mol. The summed E-state index contributed by atoms with van der Waals surface area (Å²) >= 11 is 1.69. The molecule has 2 fully saturated rings. The van der Waals surface area contributed by atoms with Crippen LogP contribution in [0.15, 0.2) is 29.2 Å². The highest BCUT2D eigenvalue weighted by atomic mass is 32.2. The Morgan fingerprint density at radius 3 is 3.05 bits per heavy atom. The van der Waals surface area contributed by atoms with Gasteiger partial charge in [0.1, 0.15) is 0 Å². The van der Waals surface area contributed by atoms with Crippen LogP contribution >= 0.6 is 11.8 Å². The predicted octanol–water partition coefficient (Wildman–Crippen LogP) is 3.11. The van der Waals surface area contributed by atoms with Crippen LogP contribution in [-0.2, 0) is 0 Å². The largest absolute Gasteiger partial charge is 0.322 e. The number of rotatable bonds is 2. The van der Waals surface area contributed by atoms with Crippen LogP contribution in [0.5, 0.6) is 0 Å². The first-order valence-corrected chi connectivity index (χ1v) is 8.93. The third kappa shape index (κ3) is 3.52. The summed E-state index contributed by atoms with van der Waals surface area (Å²) in [5, 5.41) is 3.04. The van der Waals surface area contributed by atoms with E-state index in [1.54, 1.807) is 11.8 Å². The van der Waals surface area contributed by atoms with Gasteiger partial charge in [-0.15, -0.1) is 11.8 Å². The van der Waals surface area contributed by atoms with Crippen LogP contribution in [0.25, 0.3) is 0 Å². The molecule has 0 bridgehead atoms. The number of thioether (sulfide) groups is 1. The Morgan fingerprint density at radius 1 is 1.29 bits per heavy atom. The maximum absolute atomic E-state index is 12.4. The quantitative estimate of drug-likeness (QED) is 0.853. The standard InChI is InChI=1S/C16H23N3OS/c1-21-15-7-4-5-13(11-15)17-16(20)19-10-9-18-8-3-2-6-14(18)12-19/h4-5,7,11,14H,2-3,6,8-10,12H2,1H3,(H,17,20)/t14-/m1/s1. The lowest BCUT2D eigenvalue weighted by atomic mass is 10.00. The molecule has 21 heavy (non-hydrogen) atoms. The van der Waals surface area contributed by atoms with Gasteiger partial charge in [0.15, 0.2) is 0 Å². The van der Waals surface area contributed by atoms with Crippen molar-refractivity contribution in [1.82, 2.24) is 9.80 Å². The van der Waals surface area contributed by atoms with E-state index in [0.29, 0.717) is 6.04 Å². The highest BCUT2D eigenvalue weighted by molar-refractivity contribution is 7.98. The number of carbonyl (C=O) groups is 1. The third-order valence-corrected chi connectivity index (χ3v) is 5.17. The molecule has 1 atom stereocenters. The summed E-state index contributed by atoms with van der Waals surface area (Å²) in [5.41, 5.74) is 0.887. The van der Waals surface area contributed by atoms with E-state index < -0.39 is 0 Å². The molecule has 2 amide bonds. The van der Waals surface area contributed by atoms with Gasteiger partial charge in [0.25, 0.3) is 0 Å². The number of nitrogens with one attached hydrogen (secondary N) is 1. The number of benzene rings is 1. The number of anilines is 1. The number of hydrogen-bond acceptors (Lipinski definition) is 3. The molecule has 2 aliphatic rings. The van der Waals surface area contributed by atoms with Gasteiger partial charge in [-0.25, -0.2) is 4.79 Å². The van der Waals surface area contributed by atoms with Gasteiger partial charge in [-0.1, -0.05) is 12.5 Å². The fraction of sp³-hybridized carbons (Fsp3) is 0.562. The van der Waals surface area contributed by atoms with Gasteiger partial charge in [-0.05, 0) is 43.8 Å². The second-order valence-electron chi connectivity index (χ2n) is 5.79. The molecule has 0 unspecified atom stereocenters. The minimum Gasteiger partial charge on any atom is -0.322 e. The number of fused-ring (bicyclic) bond motifs is 1. The van der Waals surface area contributed by atoms with Gasteiger partial charge >= 0.3 is 6.03 Å². The number of nitrogens with zero attached hydrogens (tertiary/aromatic N) is 2. The zero-order chi connectivity index (χ0) is 14.7. The molecule has 2 heterocycles. The molecule has 2 saturated heterocycles. The fourth-order valence-corrected chi connectivity index (χ4v) is 3.70. The molecular formula is C16H23N3OS. The van der Waals surface area contributed by atoms with Gasteiger partial charge in [0.05, 0.1) is 0 Å². The average Bonchev–Trinajstić information content (AvgIpc) is 2.54. The highest BCUT2D eigenvalue weighted by Crippen LogP contribution is 2.22. The molecule has 114 valence electrons. The third-order valence-electron chi connectivity index (χ3n) is 4.45. The van der Waals surface area contributed by atoms with Crippen LogP contribution in [-0.4, -0.2) is 54.3 Å². The van der Waals surface area contributed by atoms with Gasteiger partial charge in [-0.3, -0.25) is 4.90 Å². The number of hydrogen-bond donors (Lipinski definition) is 1. The normalized spacial score (nSPS) is 22.7. The second kappa shape index (κ2) is 6.71. The van der Waals surface area contributed by atoms with Crippen molar-refractivity contribution in [2.24, 2.45) is 0 Å². The molecule has 5 heteroatoms. The summed E-state index contributed by atoms with van der Waals surface area (Å²) in [5.74, 6) is 0. The number of urea groups is 1. The molecule has 1 aromatic carbocycles. The summed E-state index contributed by atoms with van der Waals surface area (Å²) in [7, 11) is 0. The monoisotopic (exact) mass is 305 g/mol. The van der Waals surface area contributed by atoms with Crippen molar-refractivity contribution < 1.29 is 4.79 Å². The van der Waals surface area contributed by atoms with E-state index in [1.165, 1.54) is 30.7 Å². The van der Waals surface area contributed by atoms with Crippen LogP contribution < -0.4 is 5.32 Å². The highest BCUT2D eigenvalue weighted by Gasteiger charge is 2.30. The van der Waals surface area contributed by atoms with E-state index in [2.05, 4.69) is 16.3 Å². The Balaban J connectivity index is 1.60. The molecule has 1 aromatic rings. The Bertz CT molecular complexity index is 508. The SMILES string of the molecule is CSc1cccc(NC(=O)N2CCN3CCCC[C@@H]3C2)c1. The van der Waals surface area contributed by atoms with E-state index in [1.807, 2.05) is 29.4 Å². The predicted molar refractivity (Wildman–Crippen MR) is 88.0 cm³/mol. The minimum absolute atomic E-state index is 0.0403. The Hall–Kier alpha value is -1.20. The van der Waals surface area contributed by atoms with Crippen molar-refractivity contribution in [1.29, 1.82) is 0 Å². The lowest BCUT2D eigenvalue weighted by Crippen LogP contribution is -2.56. The molecule has 1 N–H and O–H groups in total. The van der Waals surface area contributed by atoms with Crippen LogP contribution in [0.2, 0.25) is 0 Å². The first-order valence-electron chi connectivity index (χ1n) is 7.70. The van der Waals surface area contributed by atoms with Gasteiger partial charge in [0.2, 0.25) is 0 Å². The summed E-state index contributed by atoms with van der Waals surface area (Å²) < 4.78 is 0. The molecule has 0 radical (unpaired) electrons. The maximum atomic E-state index is 12.4. The van der Waals surface area contributed by atoms with Crippen LogP contribution in [0.4, 0.5) is 10.5 Å². The lowest BCUT2D eigenvalue weighted by molar-refractivity contribution is 0.0678. The Morgan fingerprint density at radius 2 is 2.19 bits per heavy atom. The van der Waals surface area contributed by atoms with Gasteiger partial charge in [-0.2, -0.15) is 0 Å². The zero-order valence-electron chi connectivity index (χ0n) is 12.5. The summed E-state index contributed by atoms with van der Waals surface area (Å²) in [6.45, 7) is 3.93. The molecule has 2 aliphatic heterocycles. The second-order valence-corrected chi connectivity index (χ2v) is 6.67. The van der Waals surface area contributed by atoms with Crippen molar-refractivity contribution in [2.75, 3.05) is 37.8 Å². The van der Waals surface area contributed by atoms with Crippen molar-refractivity contribution in [3.8, 4) is 0 Å². The zero-order valence-corrected chi connectivity index (χ0v) is 13.4. The topological polar surface area (TPSA) is 35.6 Å². The molecule has 4 nitrogen and oxygen atoms in total. The van der Waals surface area contributed by atoms with E-state index in [0.717, 1.165) is 25.3 Å². The van der Waals surface area contributed by atoms with Gasteiger partial charge < -0.3 is 10.2 Å². The van der Waals surface area contributed by atoms with Crippen LogP contribution in [0.3, 0.4) is 0 Å². The number of piperidine rings is 1. The number of carbonyl (C=O) groups excluding carboxylic acids is 1. The molecule has 0 saturated carbocycles. The van der Waals surface area contributed by atoms with Crippen LogP contribution in [0.1, 0.15) is 19.3 Å². The van der Waals surface area contributed by atoms with E-state index in [9.17, 15) is 4.79 Å². The fourth-order valence-electron chi connectivity index (χ4n) is 3.24. The van der Waals surface area contributed by atoms with Crippen molar-refractivity contribution in [3.05, 3.63) is 24.3 Å². The summed E-state index contributed by atoms with van der Waals surface area (Å²) in [6.07, 6.45) is 5.88. The number of amides is 2. The number of piperazine rings is 1. The molecule has 0 aliphatic carbocycles. The van der Waals surface area contributed by atoms with E-state index in [4.69, 9.17) is 0 Å². The average molecular weight is 305 g/mol. The van der Waals surface area contributed by atoms with Crippen molar-refractivity contribution in [2.45, 2.75) is 30.2 Å². The maximum Gasteiger partial charge on any atom is 0.321 e. The van der Waals surface area contributed by atoms with Crippen molar-refractivity contribution >= 4 is 23.5 Å². The van der Waals surface area contributed by atoms with Crippen molar-refractivity contribution in [3.63, 3.8) is 0 Å². The smallest absolute Gasteiger partial charge is 0.321 e. The molecule has 3 rings (SSSR count). The Labute approximate surface area is 130 Å². The Kier molecular flexibility index (Phi) is 4.70. The molecule has 0 aromatic heterocycles. The van der Waals surface area contributed by atoms with Crippen LogP contribution in [0, 0.1) is 0 Å². The van der Waals surface area contributed by atoms with E-state index >= 15 is 0 Å². The first-order chi connectivity index (χ1) is 10.3. The minimum atomic E-state index is 0.0403. The first kappa shape index (κ1) is 14.7. The summed E-state index contributed by atoms with van der Waals surface area (Å²) in [6, 6.07) is 8.63. The summed E-state index contributed by atoms with van der Waals surface area (Å²) in [4.78, 5) is 18.1. The molecule has 0 spiro atoms. The van der Waals surface area contributed by atoms with E-state index in [-0.39, 0.29) is 6.03 Å². The lowest BCUT2D eigenvalue weighted by Gasteiger charge is -2.43. The van der Waals surface area contributed by atoms with Gasteiger partial charge in [0, 0.05) is 36.3 Å².